The van der Waals surface area contributed by atoms with Crippen LogP contribution in [0, 0.1) is 0 Å². The molecule has 0 aliphatic rings. The number of halogens is 2. The standard InChI is InChI=1S/C12H17BrClNO/c1-8(2)15-7-9(3)16-12-5-4-10(13)6-11(12)14/h4-6,8-9,15H,7H2,1-3H3. The molecular weight excluding hydrogens is 289 g/mol. The van der Waals surface area contributed by atoms with E-state index in [0.717, 1.165) is 16.8 Å². The topological polar surface area (TPSA) is 21.3 Å². The fourth-order valence-electron chi connectivity index (χ4n) is 1.23. The highest BCUT2D eigenvalue weighted by molar-refractivity contribution is 9.10. The molecule has 1 rings (SSSR count). The molecule has 0 amide bonds. The third-order valence-corrected chi connectivity index (χ3v) is 2.82. The molecule has 0 heterocycles. The summed E-state index contributed by atoms with van der Waals surface area (Å²) in [6.07, 6.45) is 0.0982. The Hall–Kier alpha value is -0.250. The second-order valence-corrected chi connectivity index (χ2v) is 5.39. The molecule has 1 aromatic carbocycles. The molecular formula is C12H17BrClNO. The lowest BCUT2D eigenvalue weighted by Crippen LogP contribution is -2.33. The second kappa shape index (κ2) is 6.48. The molecule has 1 unspecified atom stereocenters. The first kappa shape index (κ1) is 13.8. The van der Waals surface area contributed by atoms with Gasteiger partial charge in [0.25, 0.3) is 0 Å². The number of hydrogen-bond donors (Lipinski definition) is 1. The van der Waals surface area contributed by atoms with Crippen LogP contribution in [0.4, 0.5) is 0 Å². The van der Waals surface area contributed by atoms with E-state index in [1.54, 1.807) is 0 Å². The third-order valence-electron chi connectivity index (χ3n) is 2.04. The van der Waals surface area contributed by atoms with Gasteiger partial charge in [0.2, 0.25) is 0 Å². The largest absolute Gasteiger partial charge is 0.488 e. The van der Waals surface area contributed by atoms with E-state index in [4.69, 9.17) is 16.3 Å². The maximum atomic E-state index is 6.06. The Bertz CT molecular complexity index is 344. The summed E-state index contributed by atoms with van der Waals surface area (Å²) in [5, 5.41) is 3.95. The maximum Gasteiger partial charge on any atom is 0.138 e. The fraction of sp³-hybridized carbons (Fsp3) is 0.500. The predicted molar refractivity (Wildman–Crippen MR) is 72.4 cm³/mol. The zero-order valence-electron chi connectivity index (χ0n) is 9.76. The Morgan fingerprint density at radius 1 is 1.38 bits per heavy atom. The number of nitrogens with one attached hydrogen (secondary N) is 1. The van der Waals surface area contributed by atoms with E-state index in [2.05, 4.69) is 35.1 Å². The van der Waals surface area contributed by atoms with Crippen LogP contribution in [0.5, 0.6) is 5.75 Å². The van der Waals surface area contributed by atoms with Gasteiger partial charge in [-0.15, -0.1) is 0 Å². The van der Waals surface area contributed by atoms with Crippen LogP contribution in [0.1, 0.15) is 20.8 Å². The van der Waals surface area contributed by atoms with Gasteiger partial charge in [-0.3, -0.25) is 0 Å². The predicted octanol–water partition coefficient (Wildman–Crippen LogP) is 3.87. The van der Waals surface area contributed by atoms with Gasteiger partial charge in [-0.25, -0.2) is 0 Å². The first-order valence-electron chi connectivity index (χ1n) is 5.34. The van der Waals surface area contributed by atoms with Gasteiger partial charge in [-0.1, -0.05) is 41.4 Å². The minimum Gasteiger partial charge on any atom is -0.488 e. The minimum atomic E-state index is 0.0982. The highest BCUT2D eigenvalue weighted by atomic mass is 79.9. The lowest BCUT2D eigenvalue weighted by Gasteiger charge is -2.17. The summed E-state index contributed by atoms with van der Waals surface area (Å²) in [5.74, 6) is 0.725. The number of benzene rings is 1. The summed E-state index contributed by atoms with van der Waals surface area (Å²) >= 11 is 9.42. The van der Waals surface area contributed by atoms with E-state index in [0.29, 0.717) is 11.1 Å². The third kappa shape index (κ3) is 4.73. The number of rotatable bonds is 5. The molecule has 1 atom stereocenters. The van der Waals surface area contributed by atoms with Crippen molar-refractivity contribution in [1.29, 1.82) is 0 Å². The first-order chi connectivity index (χ1) is 7.49. The van der Waals surface area contributed by atoms with E-state index >= 15 is 0 Å². The summed E-state index contributed by atoms with van der Waals surface area (Å²) in [6.45, 7) is 7.05. The van der Waals surface area contributed by atoms with Gasteiger partial charge in [-0.2, -0.15) is 0 Å². The van der Waals surface area contributed by atoms with Crippen LogP contribution in [0.25, 0.3) is 0 Å². The molecule has 0 aliphatic heterocycles. The monoisotopic (exact) mass is 305 g/mol. The van der Waals surface area contributed by atoms with E-state index in [9.17, 15) is 0 Å². The average Bonchev–Trinajstić information content (AvgIpc) is 2.19. The van der Waals surface area contributed by atoms with E-state index in [1.807, 2.05) is 25.1 Å². The highest BCUT2D eigenvalue weighted by Gasteiger charge is 2.08. The summed E-state index contributed by atoms with van der Waals surface area (Å²) < 4.78 is 6.69. The molecule has 0 bridgehead atoms. The molecule has 0 radical (unpaired) electrons. The van der Waals surface area contributed by atoms with Gasteiger partial charge in [0.1, 0.15) is 11.9 Å². The van der Waals surface area contributed by atoms with Gasteiger partial charge >= 0.3 is 0 Å². The molecule has 2 nitrogen and oxygen atoms in total. The zero-order chi connectivity index (χ0) is 12.1. The van der Waals surface area contributed by atoms with Crippen LogP contribution in [-0.2, 0) is 0 Å². The van der Waals surface area contributed by atoms with Crippen LogP contribution in [0.3, 0.4) is 0 Å². The van der Waals surface area contributed by atoms with Crippen LogP contribution < -0.4 is 10.1 Å². The molecule has 0 saturated heterocycles. The molecule has 0 fully saturated rings. The molecule has 0 spiro atoms. The van der Waals surface area contributed by atoms with Crippen LogP contribution in [0.2, 0.25) is 5.02 Å². The molecule has 1 aromatic rings. The molecule has 4 heteroatoms. The Morgan fingerprint density at radius 3 is 2.62 bits per heavy atom. The van der Waals surface area contributed by atoms with Gasteiger partial charge in [0.05, 0.1) is 5.02 Å². The highest BCUT2D eigenvalue weighted by Crippen LogP contribution is 2.28. The summed E-state index contributed by atoms with van der Waals surface area (Å²) in [7, 11) is 0. The molecule has 16 heavy (non-hydrogen) atoms. The van der Waals surface area contributed by atoms with Crippen LogP contribution in [-0.4, -0.2) is 18.7 Å². The van der Waals surface area contributed by atoms with E-state index in [1.165, 1.54) is 0 Å². The summed E-state index contributed by atoms with van der Waals surface area (Å²) in [4.78, 5) is 0. The van der Waals surface area contributed by atoms with Crippen molar-refractivity contribution in [2.24, 2.45) is 0 Å². The maximum absolute atomic E-state index is 6.06. The minimum absolute atomic E-state index is 0.0982. The van der Waals surface area contributed by atoms with Gasteiger partial charge in [0.15, 0.2) is 0 Å². The molecule has 0 aliphatic carbocycles. The lowest BCUT2D eigenvalue weighted by molar-refractivity contribution is 0.214. The Kier molecular flexibility index (Phi) is 5.59. The smallest absolute Gasteiger partial charge is 0.138 e. The Balaban J connectivity index is 2.52. The van der Waals surface area contributed by atoms with Gasteiger partial charge in [0, 0.05) is 17.1 Å². The average molecular weight is 307 g/mol. The quantitative estimate of drug-likeness (QED) is 0.891. The fourth-order valence-corrected chi connectivity index (χ4v) is 1.95. The van der Waals surface area contributed by atoms with Gasteiger partial charge < -0.3 is 10.1 Å². The van der Waals surface area contributed by atoms with E-state index < -0.39 is 0 Å². The lowest BCUT2D eigenvalue weighted by atomic mass is 10.3. The first-order valence-corrected chi connectivity index (χ1v) is 6.51. The molecule has 90 valence electrons. The van der Waals surface area contributed by atoms with Crippen molar-refractivity contribution in [3.63, 3.8) is 0 Å². The van der Waals surface area contributed by atoms with Crippen molar-refractivity contribution < 1.29 is 4.74 Å². The molecule has 0 aromatic heterocycles. The van der Waals surface area contributed by atoms with Crippen molar-refractivity contribution in [2.75, 3.05) is 6.54 Å². The van der Waals surface area contributed by atoms with Crippen molar-refractivity contribution in [2.45, 2.75) is 32.9 Å². The number of ether oxygens (including phenoxy) is 1. The van der Waals surface area contributed by atoms with Crippen LogP contribution in [0.15, 0.2) is 22.7 Å². The molecule has 0 saturated carbocycles. The summed E-state index contributed by atoms with van der Waals surface area (Å²) in [6, 6.07) is 6.09. The SMILES string of the molecule is CC(C)NCC(C)Oc1ccc(Br)cc1Cl. The normalized spacial score (nSPS) is 12.9. The Morgan fingerprint density at radius 2 is 2.06 bits per heavy atom. The van der Waals surface area contributed by atoms with Crippen LogP contribution >= 0.6 is 27.5 Å². The van der Waals surface area contributed by atoms with Crippen molar-refractivity contribution in [1.82, 2.24) is 5.32 Å². The second-order valence-electron chi connectivity index (χ2n) is 4.07. The van der Waals surface area contributed by atoms with Crippen molar-refractivity contribution >= 4 is 27.5 Å². The Labute approximate surface area is 110 Å². The van der Waals surface area contributed by atoms with Crippen molar-refractivity contribution in [3.8, 4) is 5.75 Å². The van der Waals surface area contributed by atoms with E-state index in [-0.39, 0.29) is 6.10 Å². The summed E-state index contributed by atoms with van der Waals surface area (Å²) in [5.41, 5.74) is 0. The molecule has 1 N–H and O–H groups in total. The zero-order valence-corrected chi connectivity index (χ0v) is 12.1. The number of hydrogen-bond acceptors (Lipinski definition) is 2. The van der Waals surface area contributed by atoms with Crippen molar-refractivity contribution in [3.05, 3.63) is 27.7 Å². The van der Waals surface area contributed by atoms with Gasteiger partial charge in [-0.05, 0) is 25.1 Å².